The molecule has 0 spiro atoms. The van der Waals surface area contributed by atoms with Crippen LogP contribution in [0.4, 0.5) is 0 Å². The fraction of sp³-hybridized carbons (Fsp3) is 0.222. The lowest BCUT2D eigenvalue weighted by Crippen LogP contribution is -1.98. The summed E-state index contributed by atoms with van der Waals surface area (Å²) in [7, 11) is 0. The molecule has 12 heavy (non-hydrogen) atoms. The monoisotopic (exact) mass is 178 g/mol. The first-order valence-electron chi connectivity index (χ1n) is 3.53. The maximum absolute atomic E-state index is 8.22. The van der Waals surface area contributed by atoms with Crippen LogP contribution < -0.4 is 4.74 Å². The summed E-state index contributed by atoms with van der Waals surface area (Å²) in [6.07, 6.45) is 0. The molecule has 1 aromatic rings. The molecule has 0 aromatic heterocycles. The molecule has 1 radical (unpaired) electrons. The number of hydrogen-bond acceptors (Lipinski definition) is 3. The van der Waals surface area contributed by atoms with Gasteiger partial charge >= 0.3 is 0 Å². The van der Waals surface area contributed by atoms with Crippen LogP contribution in [0.3, 0.4) is 0 Å². The maximum atomic E-state index is 8.22. The predicted molar refractivity (Wildman–Crippen MR) is 48.8 cm³/mol. The standard InChI is InChI=1S/C9H8NOS/c10-8-12-7-6-11-9-4-2-1-3-5-9/h2-5H,6-7H2. The molecule has 0 saturated carbocycles. The highest BCUT2D eigenvalue weighted by molar-refractivity contribution is 8.03. The molecule has 0 bridgehead atoms. The fourth-order valence-electron chi connectivity index (χ4n) is 0.715. The lowest BCUT2D eigenvalue weighted by molar-refractivity contribution is 0.344. The number of hydrogen-bond donors (Lipinski definition) is 0. The molecule has 0 aliphatic carbocycles. The van der Waals surface area contributed by atoms with E-state index in [-0.39, 0.29) is 0 Å². The van der Waals surface area contributed by atoms with Crippen molar-refractivity contribution in [1.29, 1.82) is 5.26 Å². The summed E-state index contributed by atoms with van der Waals surface area (Å²) in [6.45, 7) is 0.572. The van der Waals surface area contributed by atoms with E-state index in [0.717, 1.165) is 5.75 Å². The average molecular weight is 178 g/mol. The molecule has 0 fully saturated rings. The Morgan fingerprint density at radius 2 is 2.25 bits per heavy atom. The summed E-state index contributed by atoms with van der Waals surface area (Å²) >= 11 is 1.20. The summed E-state index contributed by atoms with van der Waals surface area (Å²) in [5, 5.41) is 10.2. The molecule has 0 N–H and O–H groups in total. The maximum Gasteiger partial charge on any atom is 0.133 e. The zero-order chi connectivity index (χ0) is 8.65. The van der Waals surface area contributed by atoms with Gasteiger partial charge in [0.25, 0.3) is 0 Å². The Hall–Kier alpha value is -1.14. The molecule has 2 nitrogen and oxygen atoms in total. The van der Waals surface area contributed by atoms with E-state index >= 15 is 0 Å². The van der Waals surface area contributed by atoms with Crippen LogP contribution in [0.1, 0.15) is 0 Å². The van der Waals surface area contributed by atoms with Gasteiger partial charge in [0.2, 0.25) is 0 Å². The highest BCUT2D eigenvalue weighted by atomic mass is 32.2. The van der Waals surface area contributed by atoms with Crippen molar-refractivity contribution >= 4 is 11.8 Å². The molecule has 0 unspecified atom stereocenters. The van der Waals surface area contributed by atoms with Crippen LogP contribution in [-0.2, 0) is 0 Å². The average Bonchev–Trinajstić information content (AvgIpc) is 2.14. The molecule has 0 amide bonds. The molecule has 0 aliphatic rings. The van der Waals surface area contributed by atoms with Gasteiger partial charge in [0.1, 0.15) is 11.2 Å². The van der Waals surface area contributed by atoms with Crippen LogP contribution in [0, 0.1) is 16.7 Å². The van der Waals surface area contributed by atoms with Crippen LogP contribution in [-0.4, -0.2) is 12.4 Å². The van der Waals surface area contributed by atoms with Gasteiger partial charge < -0.3 is 4.74 Å². The largest absolute Gasteiger partial charge is 0.493 e. The van der Waals surface area contributed by atoms with Gasteiger partial charge in [-0.15, -0.1) is 0 Å². The van der Waals surface area contributed by atoms with Crippen molar-refractivity contribution in [2.24, 2.45) is 0 Å². The zero-order valence-corrected chi connectivity index (χ0v) is 7.30. The van der Waals surface area contributed by atoms with Crippen molar-refractivity contribution in [3.8, 4) is 11.2 Å². The van der Waals surface area contributed by atoms with Gasteiger partial charge in [-0.1, -0.05) is 12.1 Å². The molecule has 1 aromatic carbocycles. The van der Waals surface area contributed by atoms with Crippen LogP contribution in [0.15, 0.2) is 24.3 Å². The quantitative estimate of drug-likeness (QED) is 0.522. The van der Waals surface area contributed by atoms with E-state index in [9.17, 15) is 0 Å². The van der Waals surface area contributed by atoms with Crippen molar-refractivity contribution in [2.75, 3.05) is 12.4 Å². The van der Waals surface area contributed by atoms with Crippen molar-refractivity contribution in [3.63, 3.8) is 0 Å². The van der Waals surface area contributed by atoms with Crippen LogP contribution >= 0.6 is 11.8 Å². The minimum atomic E-state index is 0.572. The third-order valence-corrected chi connectivity index (χ3v) is 1.71. The van der Waals surface area contributed by atoms with E-state index < -0.39 is 0 Å². The van der Waals surface area contributed by atoms with Crippen molar-refractivity contribution in [2.45, 2.75) is 0 Å². The molecule has 3 heteroatoms. The van der Waals surface area contributed by atoms with Gasteiger partial charge in [0, 0.05) is 5.75 Å². The minimum absolute atomic E-state index is 0.572. The third kappa shape index (κ3) is 3.31. The SMILES string of the molecule is N#CSCCOc1cc[c]cc1. The number of nitriles is 1. The summed E-state index contributed by atoms with van der Waals surface area (Å²) < 4.78 is 5.32. The first-order chi connectivity index (χ1) is 5.93. The van der Waals surface area contributed by atoms with E-state index in [1.54, 1.807) is 12.1 Å². The highest BCUT2D eigenvalue weighted by Gasteiger charge is 1.90. The Morgan fingerprint density at radius 3 is 2.92 bits per heavy atom. The van der Waals surface area contributed by atoms with E-state index in [4.69, 9.17) is 10.00 Å². The second kappa shape index (κ2) is 5.50. The lowest BCUT2D eigenvalue weighted by atomic mass is 10.3. The van der Waals surface area contributed by atoms with Crippen LogP contribution in [0.2, 0.25) is 0 Å². The van der Waals surface area contributed by atoms with Crippen LogP contribution in [0.5, 0.6) is 5.75 Å². The van der Waals surface area contributed by atoms with Gasteiger partial charge in [-0.05, 0) is 30.0 Å². The van der Waals surface area contributed by atoms with E-state index in [1.807, 2.05) is 17.5 Å². The Morgan fingerprint density at radius 1 is 1.50 bits per heavy atom. The van der Waals surface area contributed by atoms with Crippen molar-refractivity contribution in [1.82, 2.24) is 0 Å². The first-order valence-corrected chi connectivity index (χ1v) is 4.52. The topological polar surface area (TPSA) is 33.0 Å². The number of thioether (sulfide) groups is 1. The van der Waals surface area contributed by atoms with Gasteiger partial charge in [0.15, 0.2) is 0 Å². The highest BCUT2D eigenvalue weighted by Crippen LogP contribution is 2.08. The summed E-state index contributed by atoms with van der Waals surface area (Å²) in [5.41, 5.74) is 0. The number of nitrogens with zero attached hydrogens (tertiary/aromatic N) is 1. The summed E-state index contributed by atoms with van der Waals surface area (Å²) in [5.74, 6) is 1.53. The summed E-state index contributed by atoms with van der Waals surface area (Å²) in [4.78, 5) is 0. The summed E-state index contributed by atoms with van der Waals surface area (Å²) in [6, 6.07) is 10.2. The molecule has 61 valence electrons. The Labute approximate surface area is 76.2 Å². The zero-order valence-electron chi connectivity index (χ0n) is 6.49. The first kappa shape index (κ1) is 8.95. The van der Waals surface area contributed by atoms with Gasteiger partial charge in [0.05, 0.1) is 6.61 Å². The Kier molecular flexibility index (Phi) is 4.11. The molecule has 1 rings (SSSR count). The molecular weight excluding hydrogens is 170 g/mol. The van der Waals surface area contributed by atoms with Crippen molar-refractivity contribution < 1.29 is 4.74 Å². The Balaban J connectivity index is 2.21. The van der Waals surface area contributed by atoms with Crippen LogP contribution in [0.25, 0.3) is 0 Å². The smallest absolute Gasteiger partial charge is 0.133 e. The van der Waals surface area contributed by atoms with E-state index in [2.05, 4.69) is 6.07 Å². The van der Waals surface area contributed by atoms with Gasteiger partial charge in [-0.3, -0.25) is 0 Å². The lowest BCUT2D eigenvalue weighted by Gasteiger charge is -2.02. The molecule has 0 atom stereocenters. The third-order valence-electron chi connectivity index (χ3n) is 1.21. The molecule has 0 heterocycles. The Bertz CT molecular complexity index is 255. The molecule has 0 aliphatic heterocycles. The van der Waals surface area contributed by atoms with Crippen molar-refractivity contribution in [3.05, 3.63) is 30.3 Å². The number of rotatable bonds is 4. The van der Waals surface area contributed by atoms with E-state index in [0.29, 0.717) is 12.4 Å². The number of benzene rings is 1. The number of thiocyanates is 1. The number of ether oxygens (including phenoxy) is 1. The fourth-order valence-corrected chi connectivity index (χ4v) is 0.973. The normalized spacial score (nSPS) is 8.92. The van der Waals surface area contributed by atoms with E-state index in [1.165, 1.54) is 11.8 Å². The van der Waals surface area contributed by atoms with Gasteiger partial charge in [-0.2, -0.15) is 5.26 Å². The minimum Gasteiger partial charge on any atom is -0.493 e. The molecular formula is C9H8NOS. The van der Waals surface area contributed by atoms with Gasteiger partial charge in [-0.25, -0.2) is 0 Å². The second-order valence-electron chi connectivity index (χ2n) is 2.02. The predicted octanol–water partition coefficient (Wildman–Crippen LogP) is 2.08. The molecule has 0 saturated heterocycles. The second-order valence-corrected chi connectivity index (χ2v) is 2.90.